The third kappa shape index (κ3) is 6.49. The monoisotopic (exact) mass is 232 g/mol. The smallest absolute Gasteiger partial charge is 0.369 e. The van der Waals surface area contributed by atoms with Crippen molar-refractivity contribution in [1.82, 2.24) is 0 Å². The molecule has 0 bridgehead atoms. The molecule has 1 nitrogen and oxygen atoms in total. The van der Waals surface area contributed by atoms with Crippen molar-refractivity contribution in [2.45, 2.75) is 39.0 Å². The molecule has 5 heteroatoms. The minimum Gasteiger partial charge on any atom is -0.369 e. The maximum Gasteiger partial charge on any atom is 0.414 e. The molecule has 0 heterocycles. The van der Waals surface area contributed by atoms with Gasteiger partial charge in [0.05, 0.1) is 0 Å². The first kappa shape index (κ1) is 14.0. The Kier molecular flexibility index (Phi) is 6.53. The molecule has 0 rings (SSSR count). The minimum atomic E-state index is -4.25. The first-order valence-corrected chi connectivity index (χ1v) is 5.15. The number of hydrogen-bond acceptors (Lipinski definition) is 1. The summed E-state index contributed by atoms with van der Waals surface area (Å²) in [5.41, 5.74) is 0. The van der Waals surface area contributed by atoms with Crippen molar-refractivity contribution in [3.05, 3.63) is 0 Å². The highest BCUT2D eigenvalue weighted by Crippen LogP contribution is 2.22. The highest BCUT2D eigenvalue weighted by Gasteiger charge is 2.36. The molecule has 0 spiro atoms. The van der Waals surface area contributed by atoms with Crippen molar-refractivity contribution in [1.29, 1.82) is 0 Å². The van der Waals surface area contributed by atoms with E-state index >= 15 is 0 Å². The van der Waals surface area contributed by atoms with Crippen LogP contribution < -0.4 is 0 Å². The molecule has 0 aromatic carbocycles. The normalized spacial score (nSPS) is 16.7. The highest BCUT2D eigenvalue weighted by molar-refractivity contribution is 6.17. The average Bonchev–Trinajstić information content (AvgIpc) is 2.02. The zero-order valence-electron chi connectivity index (χ0n) is 8.40. The molecule has 0 aromatic heterocycles. The van der Waals surface area contributed by atoms with E-state index in [0.717, 1.165) is 13.3 Å². The van der Waals surface area contributed by atoms with Crippen LogP contribution in [0.15, 0.2) is 0 Å². The first-order chi connectivity index (χ1) is 6.38. The SMILES string of the molecule is CC(CCCl)CCOC(C)C(F)(F)F. The lowest BCUT2D eigenvalue weighted by Crippen LogP contribution is -2.29. The van der Waals surface area contributed by atoms with Crippen molar-refractivity contribution in [3.8, 4) is 0 Å². The van der Waals surface area contributed by atoms with Crippen molar-refractivity contribution in [2.24, 2.45) is 5.92 Å². The fourth-order valence-electron chi connectivity index (χ4n) is 0.871. The lowest BCUT2D eigenvalue weighted by Gasteiger charge is -2.17. The van der Waals surface area contributed by atoms with E-state index in [-0.39, 0.29) is 6.61 Å². The van der Waals surface area contributed by atoms with Gasteiger partial charge < -0.3 is 4.74 Å². The fourth-order valence-corrected chi connectivity index (χ4v) is 1.24. The molecule has 2 atom stereocenters. The highest BCUT2D eigenvalue weighted by atomic mass is 35.5. The van der Waals surface area contributed by atoms with Crippen LogP contribution in [0.2, 0.25) is 0 Å². The maximum absolute atomic E-state index is 12.0. The second kappa shape index (κ2) is 6.51. The number of hydrogen-bond donors (Lipinski definition) is 0. The van der Waals surface area contributed by atoms with Gasteiger partial charge >= 0.3 is 6.18 Å². The fraction of sp³-hybridized carbons (Fsp3) is 1.00. The van der Waals surface area contributed by atoms with Crippen LogP contribution in [0.3, 0.4) is 0 Å². The Hall–Kier alpha value is 0.0400. The van der Waals surface area contributed by atoms with Gasteiger partial charge in [-0.2, -0.15) is 13.2 Å². The van der Waals surface area contributed by atoms with Crippen molar-refractivity contribution < 1.29 is 17.9 Å². The molecule has 86 valence electrons. The molecule has 0 saturated carbocycles. The lowest BCUT2D eigenvalue weighted by atomic mass is 10.1. The van der Waals surface area contributed by atoms with E-state index in [2.05, 4.69) is 4.74 Å². The Balaban J connectivity index is 3.54. The van der Waals surface area contributed by atoms with Crippen LogP contribution in [-0.4, -0.2) is 24.8 Å². The molecule has 0 amide bonds. The number of halogens is 4. The lowest BCUT2D eigenvalue weighted by molar-refractivity contribution is -0.214. The van der Waals surface area contributed by atoms with Crippen LogP contribution in [-0.2, 0) is 4.74 Å². The van der Waals surface area contributed by atoms with Gasteiger partial charge in [0.2, 0.25) is 0 Å². The largest absolute Gasteiger partial charge is 0.414 e. The zero-order valence-corrected chi connectivity index (χ0v) is 9.16. The topological polar surface area (TPSA) is 9.23 Å². The van der Waals surface area contributed by atoms with Gasteiger partial charge in [-0.05, 0) is 25.7 Å². The maximum atomic E-state index is 12.0. The third-order valence-corrected chi connectivity index (χ3v) is 2.26. The van der Waals surface area contributed by atoms with Crippen LogP contribution in [0.25, 0.3) is 0 Å². The Labute approximate surface area is 87.6 Å². The predicted molar refractivity (Wildman–Crippen MR) is 50.6 cm³/mol. The Bertz CT molecular complexity index is 149. The Morgan fingerprint density at radius 2 is 1.79 bits per heavy atom. The summed E-state index contributed by atoms with van der Waals surface area (Å²) in [5, 5.41) is 0. The van der Waals surface area contributed by atoms with Gasteiger partial charge in [-0.1, -0.05) is 6.92 Å². The predicted octanol–water partition coefficient (Wildman–Crippen LogP) is 3.61. The van der Waals surface area contributed by atoms with Gasteiger partial charge in [0.25, 0.3) is 0 Å². The first-order valence-electron chi connectivity index (χ1n) is 4.62. The van der Waals surface area contributed by atoms with Gasteiger partial charge in [-0.3, -0.25) is 0 Å². The summed E-state index contributed by atoms with van der Waals surface area (Å²) in [6, 6.07) is 0. The molecule has 0 aliphatic carbocycles. The Morgan fingerprint density at radius 3 is 2.21 bits per heavy atom. The summed E-state index contributed by atoms with van der Waals surface area (Å²) in [6.07, 6.45) is -4.50. The van der Waals surface area contributed by atoms with E-state index in [1.54, 1.807) is 0 Å². The van der Waals surface area contributed by atoms with Crippen molar-refractivity contribution >= 4 is 11.6 Å². The molecule has 2 unspecified atom stereocenters. The molecule has 0 radical (unpaired) electrons. The summed E-state index contributed by atoms with van der Waals surface area (Å²) in [5.74, 6) is 0.851. The second-order valence-corrected chi connectivity index (χ2v) is 3.80. The van der Waals surface area contributed by atoms with Gasteiger partial charge in [0.15, 0.2) is 6.10 Å². The van der Waals surface area contributed by atoms with Crippen LogP contribution in [0.1, 0.15) is 26.7 Å². The average molecular weight is 233 g/mol. The van der Waals surface area contributed by atoms with Crippen LogP contribution in [0, 0.1) is 5.92 Å². The van der Waals surface area contributed by atoms with Crippen LogP contribution in [0.5, 0.6) is 0 Å². The van der Waals surface area contributed by atoms with Gasteiger partial charge in [-0.15, -0.1) is 11.6 Å². The van der Waals surface area contributed by atoms with Crippen LogP contribution in [0.4, 0.5) is 13.2 Å². The zero-order chi connectivity index (χ0) is 11.2. The molecule has 0 aliphatic rings. The van der Waals surface area contributed by atoms with E-state index in [1.807, 2.05) is 6.92 Å². The quantitative estimate of drug-likeness (QED) is 0.636. The number of ether oxygens (including phenoxy) is 1. The Morgan fingerprint density at radius 1 is 1.21 bits per heavy atom. The van der Waals surface area contributed by atoms with Gasteiger partial charge in [0.1, 0.15) is 0 Å². The molecule has 14 heavy (non-hydrogen) atoms. The van der Waals surface area contributed by atoms with E-state index in [4.69, 9.17) is 11.6 Å². The number of alkyl halides is 4. The molecular formula is C9H16ClF3O. The van der Waals surface area contributed by atoms with Crippen molar-refractivity contribution in [2.75, 3.05) is 12.5 Å². The van der Waals surface area contributed by atoms with Gasteiger partial charge in [0, 0.05) is 12.5 Å². The third-order valence-electron chi connectivity index (χ3n) is 2.04. The molecular weight excluding hydrogens is 217 g/mol. The molecule has 0 fully saturated rings. The molecule has 0 saturated heterocycles. The summed E-state index contributed by atoms with van der Waals surface area (Å²) in [4.78, 5) is 0. The molecule has 0 N–H and O–H groups in total. The standard InChI is InChI=1S/C9H16ClF3O/c1-7(3-5-10)4-6-14-8(2)9(11,12)13/h7-8H,3-6H2,1-2H3. The summed E-state index contributed by atoms with van der Waals surface area (Å²) >= 11 is 5.49. The van der Waals surface area contributed by atoms with E-state index < -0.39 is 12.3 Å². The van der Waals surface area contributed by atoms with Gasteiger partial charge in [-0.25, -0.2) is 0 Å². The minimum absolute atomic E-state index is 0.138. The second-order valence-electron chi connectivity index (χ2n) is 3.43. The number of rotatable bonds is 6. The summed E-state index contributed by atoms with van der Waals surface area (Å²) in [7, 11) is 0. The van der Waals surface area contributed by atoms with Crippen molar-refractivity contribution in [3.63, 3.8) is 0 Å². The van der Waals surface area contributed by atoms with E-state index in [1.165, 1.54) is 0 Å². The molecule has 0 aromatic rings. The summed E-state index contributed by atoms with van der Waals surface area (Å²) < 4.78 is 40.6. The van der Waals surface area contributed by atoms with E-state index in [0.29, 0.717) is 18.2 Å². The summed E-state index contributed by atoms with van der Waals surface area (Å²) in [6.45, 7) is 3.11. The van der Waals surface area contributed by atoms with Crippen LogP contribution >= 0.6 is 11.6 Å². The van der Waals surface area contributed by atoms with E-state index in [9.17, 15) is 13.2 Å². The molecule has 0 aliphatic heterocycles.